The molecule has 0 amide bonds. The fourth-order valence-corrected chi connectivity index (χ4v) is 2.78. The molecule has 1 unspecified atom stereocenters. The summed E-state index contributed by atoms with van der Waals surface area (Å²) in [5, 5.41) is 27.5. The third-order valence-corrected chi connectivity index (χ3v) is 4.29. The summed E-state index contributed by atoms with van der Waals surface area (Å²) < 4.78 is 8.74. The number of carbonyl (C=O) groups is 2. The molecule has 0 aliphatic carbocycles. The smallest absolute Gasteiger partial charge is 0.336 e. The molecule has 0 bridgehead atoms. The summed E-state index contributed by atoms with van der Waals surface area (Å²) in [7, 11) is -3.13. The zero-order valence-electron chi connectivity index (χ0n) is 16.4. The molecular weight excluding hydrogens is 375 g/mol. The summed E-state index contributed by atoms with van der Waals surface area (Å²) in [5.74, 6) is -2.73. The Kier molecular flexibility index (Phi) is 19.3. The standard InChI is InChI=1S/C18H34O5.H3O3P/c1-2-3-4-5-6-7-8-9-10-11-12-13-14-18(23,17(21)22)15-16(19)20;1-4(2)3/h23H,2-15H2,1H3,(H,19,20)(H,21,22);4H,(H2,1,2,3). The first kappa shape index (κ1) is 28.3. The van der Waals surface area contributed by atoms with Crippen LogP contribution in [-0.2, 0) is 14.2 Å². The van der Waals surface area contributed by atoms with Crippen molar-refractivity contribution in [2.45, 2.75) is 102 Å². The average Bonchev–Trinajstić information content (AvgIpc) is 2.54. The lowest BCUT2D eigenvalue weighted by Crippen LogP contribution is -2.40. The molecule has 0 aromatic carbocycles. The van der Waals surface area contributed by atoms with Crippen LogP contribution in [0.1, 0.15) is 96.8 Å². The van der Waals surface area contributed by atoms with Gasteiger partial charge in [-0.2, -0.15) is 0 Å². The molecule has 1 atom stereocenters. The summed E-state index contributed by atoms with van der Waals surface area (Å²) in [6, 6.07) is 0. The van der Waals surface area contributed by atoms with Gasteiger partial charge in [-0.05, 0) is 12.8 Å². The van der Waals surface area contributed by atoms with Crippen molar-refractivity contribution >= 4 is 20.2 Å². The topological polar surface area (TPSA) is 152 Å². The van der Waals surface area contributed by atoms with Crippen LogP contribution in [0.4, 0.5) is 0 Å². The quantitative estimate of drug-likeness (QED) is 0.190. The SMILES string of the molecule is CCCCCCCCCCCCCCC(O)(CC(=O)O)C(=O)O.O=[PH](O)O. The monoisotopic (exact) mass is 412 g/mol. The van der Waals surface area contributed by atoms with Gasteiger partial charge in [-0.15, -0.1) is 0 Å². The number of aliphatic carboxylic acids is 2. The fourth-order valence-electron chi connectivity index (χ4n) is 2.78. The predicted octanol–water partition coefficient (Wildman–Crippen LogP) is 3.73. The fraction of sp³-hybridized carbons (Fsp3) is 0.889. The number of hydrogen-bond acceptors (Lipinski definition) is 4. The van der Waals surface area contributed by atoms with Crippen molar-refractivity contribution in [3.8, 4) is 0 Å². The van der Waals surface area contributed by atoms with Gasteiger partial charge in [-0.1, -0.05) is 77.6 Å². The zero-order valence-corrected chi connectivity index (χ0v) is 17.4. The van der Waals surface area contributed by atoms with Gasteiger partial charge in [-0.25, -0.2) is 4.79 Å². The Morgan fingerprint density at radius 1 is 0.778 bits per heavy atom. The van der Waals surface area contributed by atoms with Crippen LogP contribution in [0, 0.1) is 0 Å². The number of carboxylic acids is 2. The van der Waals surface area contributed by atoms with Crippen LogP contribution in [0.3, 0.4) is 0 Å². The maximum absolute atomic E-state index is 11.0. The Labute approximate surface area is 162 Å². The van der Waals surface area contributed by atoms with Gasteiger partial charge in [0.1, 0.15) is 0 Å². The largest absolute Gasteiger partial charge is 0.481 e. The van der Waals surface area contributed by atoms with Crippen molar-refractivity contribution in [2.75, 3.05) is 0 Å². The maximum Gasteiger partial charge on any atom is 0.336 e. The molecule has 0 aliphatic heterocycles. The molecule has 0 aromatic rings. The number of hydrogen-bond donors (Lipinski definition) is 5. The van der Waals surface area contributed by atoms with Gasteiger partial charge >= 0.3 is 20.2 Å². The molecule has 162 valence electrons. The summed E-state index contributed by atoms with van der Waals surface area (Å²) >= 11 is 0. The van der Waals surface area contributed by atoms with E-state index in [0.29, 0.717) is 6.42 Å². The first-order valence-electron chi connectivity index (χ1n) is 9.75. The van der Waals surface area contributed by atoms with Crippen LogP contribution in [0.15, 0.2) is 0 Å². The average molecular weight is 412 g/mol. The van der Waals surface area contributed by atoms with Crippen LogP contribution < -0.4 is 0 Å². The van der Waals surface area contributed by atoms with E-state index in [-0.39, 0.29) is 6.42 Å². The van der Waals surface area contributed by atoms with E-state index in [2.05, 4.69) is 6.92 Å². The molecule has 27 heavy (non-hydrogen) atoms. The van der Waals surface area contributed by atoms with Gasteiger partial charge in [0, 0.05) is 0 Å². The predicted molar refractivity (Wildman–Crippen MR) is 104 cm³/mol. The number of unbranched alkanes of at least 4 members (excludes halogenated alkanes) is 11. The van der Waals surface area contributed by atoms with Crippen molar-refractivity contribution < 1.29 is 39.3 Å². The third-order valence-electron chi connectivity index (χ3n) is 4.29. The van der Waals surface area contributed by atoms with Gasteiger partial charge in [0.25, 0.3) is 0 Å². The van der Waals surface area contributed by atoms with E-state index in [1.165, 1.54) is 51.4 Å². The lowest BCUT2D eigenvalue weighted by atomic mass is 9.92. The Hall–Kier alpha value is -0.950. The van der Waals surface area contributed by atoms with Gasteiger partial charge in [-0.3, -0.25) is 9.36 Å². The second kappa shape index (κ2) is 18.4. The minimum Gasteiger partial charge on any atom is -0.481 e. The highest BCUT2D eigenvalue weighted by Crippen LogP contribution is 2.21. The third kappa shape index (κ3) is 21.2. The normalized spacial score (nSPS) is 12.9. The summed E-state index contributed by atoms with van der Waals surface area (Å²) in [5.41, 5.74) is -2.12. The number of carboxylic acid groups (broad SMARTS) is 2. The lowest BCUT2D eigenvalue weighted by Gasteiger charge is -2.21. The van der Waals surface area contributed by atoms with Crippen molar-refractivity contribution in [3.05, 3.63) is 0 Å². The summed E-state index contributed by atoms with van der Waals surface area (Å²) in [4.78, 5) is 35.9. The Bertz CT molecular complexity index is 412. The molecule has 0 saturated carbocycles. The number of rotatable bonds is 16. The van der Waals surface area contributed by atoms with E-state index in [0.717, 1.165) is 19.3 Å². The Balaban J connectivity index is 0. The maximum atomic E-state index is 11.0. The van der Waals surface area contributed by atoms with E-state index in [4.69, 9.17) is 24.6 Å². The molecule has 8 nitrogen and oxygen atoms in total. The molecule has 0 spiro atoms. The first-order chi connectivity index (χ1) is 12.7. The van der Waals surface area contributed by atoms with Crippen LogP contribution in [0.5, 0.6) is 0 Å². The summed E-state index contributed by atoms with van der Waals surface area (Å²) in [6.45, 7) is 2.22. The van der Waals surface area contributed by atoms with Gasteiger partial charge in [0.15, 0.2) is 5.60 Å². The lowest BCUT2D eigenvalue weighted by molar-refractivity contribution is -0.166. The van der Waals surface area contributed by atoms with E-state index >= 15 is 0 Å². The molecule has 0 radical (unpaired) electrons. The van der Waals surface area contributed by atoms with Crippen molar-refractivity contribution in [1.29, 1.82) is 0 Å². The second-order valence-electron chi connectivity index (χ2n) is 6.83. The van der Waals surface area contributed by atoms with E-state index in [9.17, 15) is 14.7 Å². The second-order valence-corrected chi connectivity index (χ2v) is 7.39. The van der Waals surface area contributed by atoms with Gasteiger partial charge < -0.3 is 25.1 Å². The van der Waals surface area contributed by atoms with E-state index < -0.39 is 32.2 Å². The Morgan fingerprint density at radius 3 is 1.41 bits per heavy atom. The van der Waals surface area contributed by atoms with Crippen LogP contribution in [0.2, 0.25) is 0 Å². The van der Waals surface area contributed by atoms with E-state index in [1.807, 2.05) is 0 Å². The number of aliphatic hydroxyl groups is 1. The molecule has 0 fully saturated rings. The highest BCUT2D eigenvalue weighted by atomic mass is 31.1. The minimum absolute atomic E-state index is 0.00601. The van der Waals surface area contributed by atoms with Gasteiger partial charge in [0.2, 0.25) is 0 Å². The zero-order chi connectivity index (χ0) is 21.1. The highest BCUT2D eigenvalue weighted by Gasteiger charge is 2.37. The van der Waals surface area contributed by atoms with Crippen LogP contribution in [0.25, 0.3) is 0 Å². The molecule has 5 N–H and O–H groups in total. The molecule has 0 aromatic heterocycles. The highest BCUT2D eigenvalue weighted by molar-refractivity contribution is 7.30. The Morgan fingerprint density at radius 2 is 1.11 bits per heavy atom. The van der Waals surface area contributed by atoms with Gasteiger partial charge in [0.05, 0.1) is 6.42 Å². The van der Waals surface area contributed by atoms with E-state index in [1.54, 1.807) is 0 Å². The molecule has 0 saturated heterocycles. The van der Waals surface area contributed by atoms with Crippen molar-refractivity contribution in [3.63, 3.8) is 0 Å². The first-order valence-corrected chi connectivity index (χ1v) is 11.1. The van der Waals surface area contributed by atoms with Crippen LogP contribution >= 0.6 is 8.25 Å². The van der Waals surface area contributed by atoms with Crippen molar-refractivity contribution in [1.82, 2.24) is 0 Å². The molecule has 0 rings (SSSR count). The van der Waals surface area contributed by atoms with Crippen molar-refractivity contribution in [2.24, 2.45) is 0 Å². The molecule has 0 heterocycles. The summed E-state index contributed by atoms with van der Waals surface area (Å²) in [6.07, 6.45) is 13.2. The van der Waals surface area contributed by atoms with Crippen LogP contribution in [-0.4, -0.2) is 42.6 Å². The molecule has 9 heteroatoms. The molecule has 0 aliphatic rings. The molecular formula is C18H37O8P. The minimum atomic E-state index is -3.13.